The topological polar surface area (TPSA) is 109 Å². The van der Waals surface area contributed by atoms with Crippen LogP contribution in [-0.2, 0) is 19.1 Å². The van der Waals surface area contributed by atoms with Gasteiger partial charge in [0.1, 0.15) is 12.6 Å². The summed E-state index contributed by atoms with van der Waals surface area (Å²) in [6, 6.07) is 3.55. The molecule has 0 unspecified atom stereocenters. The van der Waals surface area contributed by atoms with Crippen LogP contribution in [0.5, 0.6) is 0 Å². The second-order valence-corrected chi connectivity index (χ2v) is 8.25. The Morgan fingerprint density at radius 3 is 2.32 bits per heavy atom. The number of alkyl halides is 6. The van der Waals surface area contributed by atoms with Crippen LogP contribution in [0.15, 0.2) is 22.7 Å². The molecule has 1 aromatic heterocycles. The van der Waals surface area contributed by atoms with E-state index in [9.17, 15) is 36.2 Å². The number of amides is 1. The highest BCUT2D eigenvalue weighted by Crippen LogP contribution is 2.35. The number of carbonyl (C=O) groups excluding carboxylic acids is 1. The van der Waals surface area contributed by atoms with E-state index < -0.39 is 53.9 Å². The fourth-order valence-corrected chi connectivity index (χ4v) is 3.05. The van der Waals surface area contributed by atoms with Gasteiger partial charge in [0.15, 0.2) is 5.82 Å². The van der Waals surface area contributed by atoms with Crippen LogP contribution in [0.4, 0.5) is 36.8 Å². The Balaban J connectivity index is 2.28. The average molecular weight is 492 g/mol. The van der Waals surface area contributed by atoms with Crippen LogP contribution in [-0.4, -0.2) is 45.9 Å². The Bertz CT molecular complexity index is 1050. The fraction of sp³-hybridized carbons (Fsp3) is 0.500. The van der Waals surface area contributed by atoms with E-state index in [1.165, 1.54) is 6.07 Å². The zero-order chi connectivity index (χ0) is 25.9. The molecule has 0 bridgehead atoms. The summed E-state index contributed by atoms with van der Waals surface area (Å²) in [5.74, 6) is -0.332. The van der Waals surface area contributed by atoms with Crippen molar-refractivity contribution in [3.8, 4) is 6.07 Å². The van der Waals surface area contributed by atoms with Crippen molar-refractivity contribution < 1.29 is 40.8 Å². The summed E-state index contributed by atoms with van der Waals surface area (Å²) in [5.41, 5.74) is -3.36. The molecule has 1 heterocycles. The van der Waals surface area contributed by atoms with Gasteiger partial charge in [0.25, 0.3) is 0 Å². The maximum Gasteiger partial charge on any atom is 0.417 e. The van der Waals surface area contributed by atoms with Crippen molar-refractivity contribution in [3.63, 3.8) is 0 Å². The molecular weight excluding hydrogens is 472 g/mol. The average Bonchev–Trinajstić information content (AvgIpc) is 3.11. The minimum atomic E-state index is -4.96. The number of hydrogen-bond acceptors (Lipinski definition) is 7. The van der Waals surface area contributed by atoms with E-state index in [1.54, 1.807) is 20.8 Å². The third-order valence-electron chi connectivity index (χ3n) is 4.59. The Morgan fingerprint density at radius 2 is 1.82 bits per heavy atom. The van der Waals surface area contributed by atoms with Crippen molar-refractivity contribution in [1.82, 2.24) is 15.0 Å². The number of nitriles is 1. The van der Waals surface area contributed by atoms with Gasteiger partial charge in [-0.1, -0.05) is 5.16 Å². The van der Waals surface area contributed by atoms with Crippen molar-refractivity contribution in [2.75, 3.05) is 18.0 Å². The molecule has 0 N–H and O–H groups in total. The molecule has 34 heavy (non-hydrogen) atoms. The maximum absolute atomic E-state index is 13.3. The first-order valence-corrected chi connectivity index (χ1v) is 9.74. The van der Waals surface area contributed by atoms with Gasteiger partial charge in [-0.2, -0.15) is 36.6 Å². The lowest BCUT2D eigenvalue weighted by atomic mass is 10.1. The Hall–Kier alpha value is -3.50. The molecule has 1 aromatic carbocycles. The van der Waals surface area contributed by atoms with Gasteiger partial charge in [-0.05, 0) is 39.0 Å². The van der Waals surface area contributed by atoms with E-state index in [1.807, 2.05) is 0 Å². The van der Waals surface area contributed by atoms with Gasteiger partial charge in [-0.3, -0.25) is 0 Å². The highest BCUT2D eigenvalue weighted by atomic mass is 19.4. The summed E-state index contributed by atoms with van der Waals surface area (Å²) in [4.78, 5) is 16.8. The lowest BCUT2D eigenvalue weighted by Gasteiger charge is -2.37. The van der Waals surface area contributed by atoms with Crippen LogP contribution >= 0.6 is 0 Å². The number of nitrogens with zero attached hydrogens (tertiary/aromatic N) is 5. The van der Waals surface area contributed by atoms with E-state index in [0.717, 1.165) is 17.0 Å². The van der Waals surface area contributed by atoms with E-state index in [-0.39, 0.29) is 24.7 Å². The number of halogens is 6. The molecular formula is C20H20F6N5O3-. The van der Waals surface area contributed by atoms with E-state index in [0.29, 0.717) is 11.0 Å². The number of rotatable bonds is 7. The first kappa shape index (κ1) is 26.7. The Labute approximate surface area is 190 Å². The summed E-state index contributed by atoms with van der Waals surface area (Å²) in [7, 11) is 0. The fourth-order valence-electron chi connectivity index (χ4n) is 3.05. The lowest BCUT2D eigenvalue weighted by molar-refractivity contribution is -0.270. The maximum atomic E-state index is 13.3. The van der Waals surface area contributed by atoms with Crippen molar-refractivity contribution in [3.05, 3.63) is 41.0 Å². The second-order valence-electron chi connectivity index (χ2n) is 8.25. The second kappa shape index (κ2) is 9.78. The standard InChI is InChI=1S/C20H21F6N5O3/c1-18(2,3)31(17(32)33)7-6-16-28-15(29-34-16)10-30(11-19(21,22)23)13-5-4-12(9-27)14(8-13)20(24,25)26/h4-5,8H,6-7,10-11H2,1-3H3,(H,32,33)/p-1. The summed E-state index contributed by atoms with van der Waals surface area (Å²) >= 11 is 0. The van der Waals surface area contributed by atoms with Gasteiger partial charge in [0, 0.05) is 24.2 Å². The van der Waals surface area contributed by atoms with Crippen molar-refractivity contribution in [1.29, 1.82) is 5.26 Å². The SMILES string of the molecule is CC(C)(C)N(CCc1nc(CN(CC(F)(F)F)c2ccc(C#N)c(C(F)(F)F)c2)no1)C(=O)[O-]. The molecule has 0 atom stereocenters. The number of anilines is 1. The molecule has 1 amide bonds. The summed E-state index contributed by atoms with van der Waals surface area (Å²) in [5, 5.41) is 23.7. The summed E-state index contributed by atoms with van der Waals surface area (Å²) in [6.45, 7) is 2.51. The molecule has 186 valence electrons. The molecule has 8 nitrogen and oxygen atoms in total. The van der Waals surface area contributed by atoms with Gasteiger partial charge in [0.05, 0.1) is 23.7 Å². The third-order valence-corrected chi connectivity index (χ3v) is 4.59. The molecule has 0 aliphatic heterocycles. The number of carbonyl (C=O) groups is 1. The van der Waals surface area contributed by atoms with Crippen molar-refractivity contribution in [2.24, 2.45) is 0 Å². The van der Waals surface area contributed by atoms with Gasteiger partial charge < -0.3 is 24.2 Å². The summed E-state index contributed by atoms with van der Waals surface area (Å²) < 4.78 is 84.1. The number of benzene rings is 1. The summed E-state index contributed by atoms with van der Waals surface area (Å²) in [6.07, 6.45) is -11.2. The minimum Gasteiger partial charge on any atom is -0.530 e. The molecule has 0 aliphatic carbocycles. The van der Waals surface area contributed by atoms with Gasteiger partial charge in [-0.15, -0.1) is 0 Å². The van der Waals surface area contributed by atoms with Crippen LogP contribution in [0, 0.1) is 11.3 Å². The Morgan fingerprint density at radius 1 is 1.18 bits per heavy atom. The predicted molar refractivity (Wildman–Crippen MR) is 103 cm³/mol. The van der Waals surface area contributed by atoms with Crippen molar-refractivity contribution >= 4 is 11.8 Å². The monoisotopic (exact) mass is 492 g/mol. The normalized spacial score (nSPS) is 12.4. The molecule has 0 spiro atoms. The van der Waals surface area contributed by atoms with Gasteiger partial charge in [-0.25, -0.2) is 0 Å². The molecule has 0 fully saturated rings. The molecule has 0 aliphatic rings. The first-order chi connectivity index (χ1) is 15.5. The molecule has 0 saturated carbocycles. The predicted octanol–water partition coefficient (Wildman–Crippen LogP) is 3.52. The van der Waals surface area contributed by atoms with E-state index in [2.05, 4.69) is 10.1 Å². The zero-order valence-electron chi connectivity index (χ0n) is 18.3. The molecule has 2 aromatic rings. The van der Waals surface area contributed by atoms with Crippen molar-refractivity contribution in [2.45, 2.75) is 51.6 Å². The van der Waals surface area contributed by atoms with Crippen LogP contribution in [0.25, 0.3) is 0 Å². The molecule has 0 saturated heterocycles. The highest BCUT2D eigenvalue weighted by molar-refractivity contribution is 5.63. The molecule has 14 heteroatoms. The van der Waals surface area contributed by atoms with Crippen LogP contribution < -0.4 is 10.0 Å². The first-order valence-electron chi connectivity index (χ1n) is 9.74. The smallest absolute Gasteiger partial charge is 0.417 e. The van der Waals surface area contributed by atoms with Gasteiger partial charge >= 0.3 is 12.4 Å². The molecule has 0 radical (unpaired) electrons. The number of aromatic nitrogens is 2. The zero-order valence-corrected chi connectivity index (χ0v) is 18.3. The van der Waals surface area contributed by atoms with Crippen LogP contribution in [0.1, 0.15) is 43.6 Å². The van der Waals surface area contributed by atoms with E-state index in [4.69, 9.17) is 9.78 Å². The lowest BCUT2D eigenvalue weighted by Crippen LogP contribution is -2.52. The minimum absolute atomic E-state index is 0.0629. The highest BCUT2D eigenvalue weighted by Gasteiger charge is 2.36. The quantitative estimate of drug-likeness (QED) is 0.544. The van der Waals surface area contributed by atoms with Crippen LogP contribution in [0.3, 0.4) is 0 Å². The molecule has 2 rings (SSSR count). The number of hydrogen-bond donors (Lipinski definition) is 0. The largest absolute Gasteiger partial charge is 0.530 e. The number of carboxylic acid groups (broad SMARTS) is 1. The van der Waals surface area contributed by atoms with Crippen LogP contribution in [0.2, 0.25) is 0 Å². The Kier molecular flexibility index (Phi) is 7.69. The van der Waals surface area contributed by atoms with Gasteiger partial charge in [0.2, 0.25) is 5.89 Å². The third kappa shape index (κ3) is 7.26. The van der Waals surface area contributed by atoms with E-state index >= 15 is 0 Å².